The number of rotatable bonds is 5. The molecule has 1 aliphatic rings. The molecular formula is C13H21NO3. The minimum absolute atomic E-state index is 0.190. The van der Waals surface area contributed by atoms with Gasteiger partial charge in [0.05, 0.1) is 19.3 Å². The van der Waals surface area contributed by atoms with E-state index in [0.717, 1.165) is 12.8 Å². The first-order chi connectivity index (χ1) is 8.18. The SMILES string of the molecule is C#CCNC1(C(=O)OCC)CCC(OC)CC1. The quantitative estimate of drug-likeness (QED) is 0.576. The van der Waals surface area contributed by atoms with Crippen LogP contribution in [0.3, 0.4) is 0 Å². The maximum absolute atomic E-state index is 12.0. The summed E-state index contributed by atoms with van der Waals surface area (Å²) in [5.41, 5.74) is -0.614. The van der Waals surface area contributed by atoms with Gasteiger partial charge in [0, 0.05) is 7.11 Å². The molecule has 0 aromatic carbocycles. The zero-order chi connectivity index (χ0) is 12.7. The van der Waals surface area contributed by atoms with E-state index < -0.39 is 5.54 Å². The third kappa shape index (κ3) is 3.45. The largest absolute Gasteiger partial charge is 0.465 e. The molecule has 4 nitrogen and oxygen atoms in total. The van der Waals surface area contributed by atoms with Crippen molar-refractivity contribution in [1.82, 2.24) is 5.32 Å². The molecule has 1 rings (SSSR count). The highest BCUT2D eigenvalue weighted by Gasteiger charge is 2.42. The van der Waals surface area contributed by atoms with E-state index in [1.165, 1.54) is 0 Å². The van der Waals surface area contributed by atoms with Crippen LogP contribution in [-0.2, 0) is 14.3 Å². The summed E-state index contributed by atoms with van der Waals surface area (Å²) >= 11 is 0. The van der Waals surface area contributed by atoms with Crippen molar-refractivity contribution in [3.05, 3.63) is 0 Å². The van der Waals surface area contributed by atoms with Gasteiger partial charge < -0.3 is 9.47 Å². The molecule has 0 saturated heterocycles. The summed E-state index contributed by atoms with van der Waals surface area (Å²) < 4.78 is 10.4. The Morgan fingerprint density at radius 2 is 2.18 bits per heavy atom. The summed E-state index contributed by atoms with van der Waals surface area (Å²) in [6.07, 6.45) is 8.62. The number of nitrogens with one attached hydrogen (secondary N) is 1. The molecule has 0 aromatic rings. The summed E-state index contributed by atoms with van der Waals surface area (Å²) in [7, 11) is 1.71. The average molecular weight is 239 g/mol. The lowest BCUT2D eigenvalue weighted by molar-refractivity contribution is -0.153. The third-order valence-electron chi connectivity index (χ3n) is 3.31. The second-order valence-corrected chi connectivity index (χ2v) is 4.30. The van der Waals surface area contributed by atoms with Gasteiger partial charge in [0.25, 0.3) is 0 Å². The molecule has 0 amide bonds. The van der Waals surface area contributed by atoms with Crippen LogP contribution in [0.25, 0.3) is 0 Å². The van der Waals surface area contributed by atoms with Gasteiger partial charge in [-0.1, -0.05) is 5.92 Å². The van der Waals surface area contributed by atoms with Gasteiger partial charge in [0.15, 0.2) is 0 Å². The molecular weight excluding hydrogens is 218 g/mol. The molecule has 1 saturated carbocycles. The van der Waals surface area contributed by atoms with Gasteiger partial charge in [-0.2, -0.15) is 0 Å². The molecule has 0 radical (unpaired) electrons. The Balaban J connectivity index is 2.67. The predicted molar refractivity (Wildman–Crippen MR) is 65.5 cm³/mol. The van der Waals surface area contributed by atoms with Crippen molar-refractivity contribution in [3.8, 4) is 12.3 Å². The van der Waals surface area contributed by atoms with Gasteiger partial charge >= 0.3 is 5.97 Å². The number of hydrogen-bond donors (Lipinski definition) is 1. The molecule has 96 valence electrons. The molecule has 1 fully saturated rings. The standard InChI is InChI=1S/C13H21NO3/c1-4-10-14-13(12(15)17-5-2)8-6-11(16-3)7-9-13/h1,11,14H,5-10H2,2-3H3. The highest BCUT2D eigenvalue weighted by atomic mass is 16.5. The summed E-state index contributed by atoms with van der Waals surface area (Å²) in [5, 5.41) is 3.15. The first kappa shape index (κ1) is 14.0. The van der Waals surface area contributed by atoms with Gasteiger partial charge in [-0.3, -0.25) is 10.1 Å². The minimum Gasteiger partial charge on any atom is -0.465 e. The van der Waals surface area contributed by atoms with Crippen molar-refractivity contribution >= 4 is 5.97 Å². The molecule has 17 heavy (non-hydrogen) atoms. The smallest absolute Gasteiger partial charge is 0.326 e. The van der Waals surface area contributed by atoms with Gasteiger partial charge in [0.2, 0.25) is 0 Å². The minimum atomic E-state index is -0.614. The number of methoxy groups -OCH3 is 1. The second-order valence-electron chi connectivity index (χ2n) is 4.30. The van der Waals surface area contributed by atoms with E-state index in [0.29, 0.717) is 26.0 Å². The Kier molecular flexibility index (Phi) is 5.46. The van der Waals surface area contributed by atoms with Crippen LogP contribution in [0.2, 0.25) is 0 Å². The predicted octanol–water partition coefficient (Wildman–Crippen LogP) is 1.10. The van der Waals surface area contributed by atoms with Gasteiger partial charge in [-0.25, -0.2) is 0 Å². The van der Waals surface area contributed by atoms with Crippen LogP contribution >= 0.6 is 0 Å². The monoisotopic (exact) mass is 239 g/mol. The number of terminal acetylenes is 1. The Hall–Kier alpha value is -1.05. The van der Waals surface area contributed by atoms with Crippen LogP contribution in [0.5, 0.6) is 0 Å². The summed E-state index contributed by atoms with van der Waals surface area (Å²) in [6.45, 7) is 2.59. The van der Waals surface area contributed by atoms with E-state index in [9.17, 15) is 4.79 Å². The number of ether oxygens (including phenoxy) is 2. The maximum atomic E-state index is 12.0. The first-order valence-electron chi connectivity index (χ1n) is 6.07. The molecule has 0 aromatic heterocycles. The second kappa shape index (κ2) is 6.63. The van der Waals surface area contributed by atoms with Crippen molar-refractivity contribution in [2.75, 3.05) is 20.3 Å². The highest BCUT2D eigenvalue weighted by molar-refractivity contribution is 5.81. The maximum Gasteiger partial charge on any atom is 0.326 e. The highest BCUT2D eigenvalue weighted by Crippen LogP contribution is 2.30. The van der Waals surface area contributed by atoms with Crippen molar-refractivity contribution in [2.45, 2.75) is 44.2 Å². The zero-order valence-electron chi connectivity index (χ0n) is 10.6. The molecule has 0 spiro atoms. The third-order valence-corrected chi connectivity index (χ3v) is 3.31. The molecule has 0 atom stereocenters. The lowest BCUT2D eigenvalue weighted by atomic mass is 9.80. The van der Waals surface area contributed by atoms with E-state index in [1.807, 2.05) is 6.92 Å². The molecule has 1 N–H and O–H groups in total. The van der Waals surface area contributed by atoms with Gasteiger partial charge in [0.1, 0.15) is 5.54 Å². The normalized spacial score (nSPS) is 28.4. The number of carbonyl (C=O) groups is 1. The van der Waals surface area contributed by atoms with Crippen molar-refractivity contribution in [1.29, 1.82) is 0 Å². The molecule has 1 aliphatic carbocycles. The van der Waals surface area contributed by atoms with Crippen LogP contribution in [-0.4, -0.2) is 37.9 Å². The van der Waals surface area contributed by atoms with E-state index in [4.69, 9.17) is 15.9 Å². The molecule has 4 heteroatoms. The van der Waals surface area contributed by atoms with Crippen molar-refractivity contribution < 1.29 is 14.3 Å². The Bertz CT molecular complexity index is 288. The topological polar surface area (TPSA) is 47.6 Å². The first-order valence-corrected chi connectivity index (χ1v) is 6.07. The van der Waals surface area contributed by atoms with Crippen LogP contribution in [0.4, 0.5) is 0 Å². The lowest BCUT2D eigenvalue weighted by Gasteiger charge is -2.37. The molecule has 0 bridgehead atoms. The number of esters is 1. The summed E-state index contributed by atoms with van der Waals surface area (Å²) in [4.78, 5) is 12.0. The van der Waals surface area contributed by atoms with Crippen molar-refractivity contribution in [2.24, 2.45) is 0 Å². The van der Waals surface area contributed by atoms with E-state index in [-0.39, 0.29) is 12.1 Å². The Labute approximate surface area is 103 Å². The van der Waals surface area contributed by atoms with Crippen molar-refractivity contribution in [3.63, 3.8) is 0 Å². The van der Waals surface area contributed by atoms with E-state index >= 15 is 0 Å². The Morgan fingerprint density at radius 1 is 1.53 bits per heavy atom. The number of carbonyl (C=O) groups excluding carboxylic acids is 1. The van der Waals surface area contributed by atoms with E-state index in [2.05, 4.69) is 11.2 Å². The van der Waals surface area contributed by atoms with Gasteiger partial charge in [-0.15, -0.1) is 6.42 Å². The lowest BCUT2D eigenvalue weighted by Crippen LogP contribution is -2.55. The van der Waals surface area contributed by atoms with Crippen LogP contribution in [0, 0.1) is 12.3 Å². The fraction of sp³-hybridized carbons (Fsp3) is 0.769. The molecule has 0 heterocycles. The van der Waals surface area contributed by atoms with E-state index in [1.54, 1.807) is 7.11 Å². The fourth-order valence-electron chi connectivity index (χ4n) is 2.26. The van der Waals surface area contributed by atoms with Crippen LogP contribution in [0.1, 0.15) is 32.6 Å². The zero-order valence-corrected chi connectivity index (χ0v) is 10.6. The van der Waals surface area contributed by atoms with Crippen LogP contribution < -0.4 is 5.32 Å². The fourth-order valence-corrected chi connectivity index (χ4v) is 2.26. The average Bonchev–Trinajstić information content (AvgIpc) is 2.37. The van der Waals surface area contributed by atoms with Gasteiger partial charge in [-0.05, 0) is 32.6 Å². The summed E-state index contributed by atoms with van der Waals surface area (Å²) in [5.74, 6) is 2.32. The Morgan fingerprint density at radius 3 is 2.65 bits per heavy atom. The summed E-state index contributed by atoms with van der Waals surface area (Å²) in [6, 6.07) is 0. The molecule has 0 unspecified atom stereocenters. The molecule has 0 aliphatic heterocycles. The number of hydrogen-bond acceptors (Lipinski definition) is 4. The van der Waals surface area contributed by atoms with Crippen LogP contribution in [0.15, 0.2) is 0 Å².